The summed E-state index contributed by atoms with van der Waals surface area (Å²) in [5.74, 6) is 1.42. The number of hydrogen-bond donors (Lipinski definition) is 1. The zero-order chi connectivity index (χ0) is 26.7. The van der Waals surface area contributed by atoms with Gasteiger partial charge < -0.3 is 34.0 Å². The Morgan fingerprint density at radius 3 is 2.52 bits per heavy atom. The second-order valence-corrected chi connectivity index (χ2v) is 10.6. The minimum absolute atomic E-state index is 0. The second-order valence-electron chi connectivity index (χ2n) is 10.6. The number of pyridine rings is 1. The summed E-state index contributed by atoms with van der Waals surface area (Å²) in [5.41, 5.74) is 4.16. The van der Waals surface area contributed by atoms with Gasteiger partial charge in [-0.3, -0.25) is 9.78 Å². The van der Waals surface area contributed by atoms with Crippen LogP contribution in [0.2, 0.25) is 0 Å². The van der Waals surface area contributed by atoms with Crippen molar-refractivity contribution in [1.29, 1.82) is 0 Å². The van der Waals surface area contributed by atoms with Crippen LogP contribution in [-0.2, 0) is 11.3 Å². The van der Waals surface area contributed by atoms with E-state index in [1.165, 1.54) is 0 Å². The van der Waals surface area contributed by atoms with E-state index in [1.807, 2.05) is 53.6 Å². The van der Waals surface area contributed by atoms with E-state index in [0.29, 0.717) is 32.0 Å². The molecule has 0 aliphatic carbocycles. The Morgan fingerprint density at radius 1 is 1.12 bits per heavy atom. The SMILES string of the molecule is [CH2-]Cn1cc(-c2ccnc(Nc3ccc(OC4CN(C(=O)CC(C)(C)C)C4)cc3)n2)c(-c2cccnc2)n1.[CH3-].[U+2]. The Labute approximate surface area is 260 Å². The second kappa shape index (κ2) is 13.4. The van der Waals surface area contributed by atoms with Gasteiger partial charge in [-0.15, -0.1) is 0 Å². The van der Waals surface area contributed by atoms with Gasteiger partial charge in [0, 0.05) is 48.0 Å². The van der Waals surface area contributed by atoms with Crippen LogP contribution in [0.25, 0.3) is 22.5 Å². The number of nitrogens with one attached hydrogen (secondary N) is 1. The van der Waals surface area contributed by atoms with Gasteiger partial charge in [-0.2, -0.15) is 5.10 Å². The molecule has 0 unspecified atom stereocenters. The van der Waals surface area contributed by atoms with Crippen molar-refractivity contribution in [3.63, 3.8) is 0 Å². The molecule has 4 aromatic rings. The molecular formula is C30H35N7O2U. The summed E-state index contributed by atoms with van der Waals surface area (Å²) in [6.07, 6.45) is 7.75. The number of ether oxygens (including phenoxy) is 1. The number of benzene rings is 1. The summed E-state index contributed by atoms with van der Waals surface area (Å²) in [6, 6.07) is 13.4. The number of hydrogen-bond acceptors (Lipinski definition) is 7. The molecule has 0 bridgehead atoms. The molecule has 10 heteroatoms. The third-order valence-corrected chi connectivity index (χ3v) is 6.15. The van der Waals surface area contributed by atoms with Crippen molar-refractivity contribution >= 4 is 17.5 Å². The van der Waals surface area contributed by atoms with Crippen molar-refractivity contribution < 1.29 is 40.6 Å². The number of carbonyl (C=O) groups is 1. The average molecular weight is 764 g/mol. The van der Waals surface area contributed by atoms with E-state index in [2.05, 4.69) is 48.1 Å². The summed E-state index contributed by atoms with van der Waals surface area (Å²) < 4.78 is 7.82. The van der Waals surface area contributed by atoms with Crippen LogP contribution in [0.5, 0.6) is 5.75 Å². The van der Waals surface area contributed by atoms with Crippen LogP contribution in [0.4, 0.5) is 11.6 Å². The zero-order valence-corrected chi connectivity index (χ0v) is 27.6. The molecule has 40 heavy (non-hydrogen) atoms. The fourth-order valence-electron chi connectivity index (χ4n) is 4.23. The fraction of sp³-hybridized carbons (Fsp3) is 0.300. The first-order valence-electron chi connectivity index (χ1n) is 12.7. The molecule has 1 aliphatic rings. The molecule has 1 saturated heterocycles. The molecule has 0 radical (unpaired) electrons. The summed E-state index contributed by atoms with van der Waals surface area (Å²) in [7, 11) is 0. The van der Waals surface area contributed by atoms with Crippen molar-refractivity contribution in [2.45, 2.75) is 39.8 Å². The fourth-order valence-corrected chi connectivity index (χ4v) is 4.23. The number of anilines is 2. The Morgan fingerprint density at radius 2 is 1.88 bits per heavy atom. The van der Waals surface area contributed by atoms with Gasteiger partial charge in [-0.05, 0) is 47.9 Å². The third kappa shape index (κ3) is 7.70. The maximum atomic E-state index is 12.3. The molecule has 0 atom stereocenters. The minimum Gasteiger partial charge on any atom is -0.487 e. The monoisotopic (exact) mass is 763 g/mol. The number of amides is 1. The predicted molar refractivity (Wildman–Crippen MR) is 153 cm³/mol. The van der Waals surface area contributed by atoms with E-state index in [-0.39, 0.29) is 56.0 Å². The van der Waals surface area contributed by atoms with Gasteiger partial charge in [0.05, 0.1) is 18.8 Å². The van der Waals surface area contributed by atoms with Crippen LogP contribution in [0, 0.1) is 50.9 Å². The Hall–Kier alpha value is -3.22. The molecule has 3 aromatic heterocycles. The molecule has 206 valence electrons. The first kappa shape index (κ1) is 31.3. The molecule has 1 aliphatic heterocycles. The van der Waals surface area contributed by atoms with Gasteiger partial charge >= 0.3 is 31.1 Å². The van der Waals surface area contributed by atoms with Crippen LogP contribution in [0.15, 0.2) is 67.3 Å². The van der Waals surface area contributed by atoms with E-state index >= 15 is 0 Å². The smallest absolute Gasteiger partial charge is 0.487 e. The first-order valence-corrected chi connectivity index (χ1v) is 12.7. The van der Waals surface area contributed by atoms with E-state index in [0.717, 1.165) is 34.0 Å². The molecule has 4 heterocycles. The topological polar surface area (TPSA) is 98.1 Å². The number of nitrogens with zero attached hydrogens (tertiary/aromatic N) is 6. The third-order valence-electron chi connectivity index (χ3n) is 6.15. The number of rotatable bonds is 8. The van der Waals surface area contributed by atoms with Crippen molar-refractivity contribution in [2.75, 3.05) is 18.4 Å². The quantitative estimate of drug-likeness (QED) is 0.239. The summed E-state index contributed by atoms with van der Waals surface area (Å²) in [6.45, 7) is 11.9. The molecule has 1 N–H and O–H groups in total. The number of carbonyl (C=O) groups excluding carboxylic acids is 1. The van der Waals surface area contributed by atoms with Gasteiger partial charge in [-0.1, -0.05) is 27.3 Å². The summed E-state index contributed by atoms with van der Waals surface area (Å²) in [4.78, 5) is 27.5. The van der Waals surface area contributed by atoms with Gasteiger partial charge in [0.25, 0.3) is 0 Å². The molecule has 1 fully saturated rings. The van der Waals surface area contributed by atoms with Gasteiger partial charge in [0.1, 0.15) is 17.5 Å². The van der Waals surface area contributed by atoms with Gasteiger partial charge in [0.2, 0.25) is 11.9 Å². The maximum absolute atomic E-state index is 12.3. The van der Waals surface area contributed by atoms with Crippen molar-refractivity contribution in [1.82, 2.24) is 29.6 Å². The van der Waals surface area contributed by atoms with Crippen LogP contribution < -0.4 is 10.1 Å². The van der Waals surface area contributed by atoms with Crippen molar-refractivity contribution in [3.05, 3.63) is 81.6 Å². The van der Waals surface area contributed by atoms with Crippen LogP contribution in [-0.4, -0.2) is 54.7 Å². The molecule has 0 spiro atoms. The van der Waals surface area contributed by atoms with Crippen molar-refractivity contribution in [2.24, 2.45) is 5.41 Å². The number of likely N-dealkylation sites (tertiary alicyclic amines) is 1. The standard InChI is InChI=1S/C29H32N7O2.CH3.U/c1-5-36-19-24(27(34-36)20-7-6-13-30-16-20)25-12-14-31-28(33-25)32-21-8-10-22(11-9-21)38-23-17-35(18-23)26(37)15-29(2,3)4;;/h6-14,16,19,23H,1,5,15,17-18H2,2-4H3,(H,31,32,33);1H3;/q2*-1;+2. The van der Waals surface area contributed by atoms with E-state index in [1.54, 1.807) is 23.3 Å². The summed E-state index contributed by atoms with van der Waals surface area (Å²) >= 11 is 0. The average Bonchev–Trinajstić information content (AvgIpc) is 3.31. The van der Waals surface area contributed by atoms with E-state index < -0.39 is 0 Å². The van der Waals surface area contributed by atoms with E-state index in [4.69, 9.17) is 9.72 Å². The predicted octanol–water partition coefficient (Wildman–Crippen LogP) is 5.46. The van der Waals surface area contributed by atoms with Crippen molar-refractivity contribution in [3.8, 4) is 28.3 Å². The zero-order valence-electron chi connectivity index (χ0n) is 23.5. The first-order chi connectivity index (χ1) is 18.3. The Balaban J connectivity index is 0.00000220. The Bertz CT molecular complexity index is 1400. The van der Waals surface area contributed by atoms with Gasteiger partial charge in [0.15, 0.2) is 0 Å². The molecule has 0 saturated carbocycles. The molecule has 1 aromatic carbocycles. The summed E-state index contributed by atoms with van der Waals surface area (Å²) in [5, 5.41) is 7.93. The van der Waals surface area contributed by atoms with Crippen LogP contribution >= 0.6 is 0 Å². The Kier molecular flexibility index (Phi) is 10.5. The largest absolute Gasteiger partial charge is 2.00 e. The van der Waals surface area contributed by atoms with Crippen LogP contribution in [0.3, 0.4) is 0 Å². The normalized spacial score (nSPS) is 13.1. The van der Waals surface area contributed by atoms with Gasteiger partial charge in [-0.25, -0.2) is 9.97 Å². The van der Waals surface area contributed by atoms with E-state index in [9.17, 15) is 4.79 Å². The molecule has 9 nitrogen and oxygen atoms in total. The number of aromatic nitrogens is 5. The maximum Gasteiger partial charge on any atom is 2.00 e. The minimum atomic E-state index is -0.00821. The van der Waals surface area contributed by atoms with Crippen LogP contribution in [0.1, 0.15) is 27.2 Å². The molecule has 1 amide bonds. The molecule has 5 rings (SSSR count). The molecular weight excluding hydrogens is 728 g/mol.